The monoisotopic (exact) mass is 208 g/mol. The fourth-order valence-corrected chi connectivity index (χ4v) is 2.25. The Morgan fingerprint density at radius 3 is 2.80 bits per heavy atom. The molecule has 84 valence electrons. The van der Waals surface area contributed by atoms with Gasteiger partial charge in [-0.1, -0.05) is 26.2 Å². The van der Waals surface area contributed by atoms with Crippen LogP contribution >= 0.6 is 0 Å². The van der Waals surface area contributed by atoms with Crippen LogP contribution in [0.1, 0.15) is 46.0 Å². The molecule has 3 atom stereocenters. The summed E-state index contributed by atoms with van der Waals surface area (Å²) in [7, 11) is 0. The van der Waals surface area contributed by atoms with E-state index in [0.29, 0.717) is 12.0 Å². The predicted octanol–water partition coefficient (Wildman–Crippen LogP) is 2.23. The molecule has 1 N–H and O–H groups in total. The molecule has 1 aliphatic carbocycles. The van der Waals surface area contributed by atoms with Crippen LogP contribution in [0.4, 0.5) is 0 Å². The number of carbonyl (C=O) groups excluding carboxylic acids is 1. The van der Waals surface area contributed by atoms with Crippen LogP contribution in [0.3, 0.4) is 0 Å². The predicted molar refractivity (Wildman–Crippen MR) is 59.0 cm³/mol. The first-order valence-corrected chi connectivity index (χ1v) is 5.89. The summed E-state index contributed by atoms with van der Waals surface area (Å²) in [6.45, 7) is 3.82. The number of nitrogens with zero attached hydrogens (tertiary/aromatic N) is 1. The third-order valence-electron chi connectivity index (χ3n) is 3.35. The number of amides is 1. The van der Waals surface area contributed by atoms with Crippen molar-refractivity contribution in [2.45, 2.75) is 52.0 Å². The number of nitrogens with one attached hydrogen (secondary N) is 1. The van der Waals surface area contributed by atoms with Crippen LogP contribution in [0.2, 0.25) is 0 Å². The molecule has 1 saturated carbocycles. The van der Waals surface area contributed by atoms with E-state index in [1.54, 1.807) is 6.92 Å². The van der Waals surface area contributed by atoms with Gasteiger partial charge in [0.1, 0.15) is 5.92 Å². The minimum Gasteiger partial charge on any atom is -0.352 e. The number of carbonyl (C=O) groups is 1. The fourth-order valence-electron chi connectivity index (χ4n) is 2.25. The largest absolute Gasteiger partial charge is 0.352 e. The zero-order valence-corrected chi connectivity index (χ0v) is 9.62. The third kappa shape index (κ3) is 3.23. The molecule has 0 saturated heterocycles. The average Bonchev–Trinajstić information content (AvgIpc) is 2.28. The van der Waals surface area contributed by atoms with Crippen LogP contribution in [-0.4, -0.2) is 11.9 Å². The zero-order valence-electron chi connectivity index (χ0n) is 9.62. The fraction of sp³-hybridized carbons (Fsp3) is 0.833. The van der Waals surface area contributed by atoms with Crippen LogP contribution in [0.5, 0.6) is 0 Å². The molecule has 1 fully saturated rings. The molecule has 1 rings (SSSR count). The SMILES string of the molecule is CCC1CCCCC1NC(=O)C(C)C#N. The van der Waals surface area contributed by atoms with Crippen molar-refractivity contribution in [1.29, 1.82) is 5.26 Å². The van der Waals surface area contributed by atoms with Gasteiger partial charge in [0.25, 0.3) is 0 Å². The van der Waals surface area contributed by atoms with E-state index < -0.39 is 5.92 Å². The molecule has 0 aromatic rings. The van der Waals surface area contributed by atoms with Crippen molar-refractivity contribution in [2.24, 2.45) is 11.8 Å². The highest BCUT2D eigenvalue weighted by atomic mass is 16.1. The first kappa shape index (κ1) is 12.0. The lowest BCUT2D eigenvalue weighted by Crippen LogP contribution is -2.43. The molecule has 1 amide bonds. The number of hydrogen-bond acceptors (Lipinski definition) is 2. The van der Waals surface area contributed by atoms with Crippen molar-refractivity contribution < 1.29 is 4.79 Å². The van der Waals surface area contributed by atoms with Crippen molar-refractivity contribution in [3.63, 3.8) is 0 Å². The minimum atomic E-state index is -0.524. The molecule has 3 unspecified atom stereocenters. The Balaban J connectivity index is 2.48. The van der Waals surface area contributed by atoms with Crippen LogP contribution in [0.15, 0.2) is 0 Å². The van der Waals surface area contributed by atoms with Gasteiger partial charge in [-0.15, -0.1) is 0 Å². The standard InChI is InChI=1S/C12H20N2O/c1-3-10-6-4-5-7-11(10)14-12(15)9(2)8-13/h9-11H,3-7H2,1-2H3,(H,14,15). The van der Waals surface area contributed by atoms with Gasteiger partial charge in [0.2, 0.25) is 5.91 Å². The molecule has 3 nitrogen and oxygen atoms in total. The Labute approximate surface area is 91.9 Å². The van der Waals surface area contributed by atoms with Crippen LogP contribution in [-0.2, 0) is 4.79 Å². The van der Waals surface area contributed by atoms with E-state index in [4.69, 9.17) is 5.26 Å². The van der Waals surface area contributed by atoms with E-state index in [1.165, 1.54) is 19.3 Å². The van der Waals surface area contributed by atoms with Crippen LogP contribution < -0.4 is 5.32 Å². The summed E-state index contributed by atoms with van der Waals surface area (Å²) in [6.07, 6.45) is 5.87. The molecule has 0 aromatic carbocycles. The summed E-state index contributed by atoms with van der Waals surface area (Å²) in [5, 5.41) is 11.7. The second-order valence-electron chi connectivity index (χ2n) is 4.42. The first-order valence-electron chi connectivity index (χ1n) is 5.89. The van der Waals surface area contributed by atoms with E-state index in [9.17, 15) is 4.79 Å². The highest BCUT2D eigenvalue weighted by molar-refractivity contribution is 5.80. The van der Waals surface area contributed by atoms with Crippen molar-refractivity contribution in [3.05, 3.63) is 0 Å². The average molecular weight is 208 g/mol. The molecule has 15 heavy (non-hydrogen) atoms. The summed E-state index contributed by atoms with van der Waals surface area (Å²) < 4.78 is 0. The molecule has 0 aliphatic heterocycles. The van der Waals surface area contributed by atoms with Crippen LogP contribution in [0.25, 0.3) is 0 Å². The number of rotatable bonds is 3. The van der Waals surface area contributed by atoms with Crippen molar-refractivity contribution in [3.8, 4) is 6.07 Å². The Bertz CT molecular complexity index is 257. The molecular weight excluding hydrogens is 188 g/mol. The lowest BCUT2D eigenvalue weighted by atomic mass is 9.82. The Morgan fingerprint density at radius 2 is 2.20 bits per heavy atom. The van der Waals surface area contributed by atoms with E-state index in [2.05, 4.69) is 12.2 Å². The molecule has 3 heteroatoms. The molecule has 0 bridgehead atoms. The summed E-state index contributed by atoms with van der Waals surface area (Å²) in [5.41, 5.74) is 0. The second-order valence-corrected chi connectivity index (χ2v) is 4.42. The number of nitriles is 1. The maximum Gasteiger partial charge on any atom is 0.237 e. The molecular formula is C12H20N2O. The van der Waals surface area contributed by atoms with Gasteiger partial charge in [-0.25, -0.2) is 0 Å². The zero-order chi connectivity index (χ0) is 11.3. The molecule has 0 radical (unpaired) electrons. The summed E-state index contributed by atoms with van der Waals surface area (Å²) in [5.74, 6) is -0.0270. The molecule has 0 aromatic heterocycles. The van der Waals surface area contributed by atoms with Gasteiger partial charge in [0.05, 0.1) is 6.07 Å². The van der Waals surface area contributed by atoms with Crippen LogP contribution in [0, 0.1) is 23.2 Å². The van der Waals surface area contributed by atoms with Gasteiger partial charge < -0.3 is 5.32 Å². The minimum absolute atomic E-state index is 0.108. The van der Waals surface area contributed by atoms with Gasteiger partial charge in [-0.2, -0.15) is 5.26 Å². The highest BCUT2D eigenvalue weighted by Gasteiger charge is 2.26. The van der Waals surface area contributed by atoms with Crippen molar-refractivity contribution in [1.82, 2.24) is 5.32 Å². The van der Waals surface area contributed by atoms with E-state index in [1.807, 2.05) is 6.07 Å². The van der Waals surface area contributed by atoms with E-state index in [0.717, 1.165) is 12.8 Å². The van der Waals surface area contributed by atoms with Gasteiger partial charge >= 0.3 is 0 Å². The Kier molecular flexibility index (Phi) is 4.61. The molecule has 1 aliphatic rings. The first-order chi connectivity index (χ1) is 7.19. The molecule has 0 spiro atoms. The summed E-state index contributed by atoms with van der Waals surface area (Å²) >= 11 is 0. The quantitative estimate of drug-likeness (QED) is 0.773. The summed E-state index contributed by atoms with van der Waals surface area (Å²) in [4.78, 5) is 11.6. The van der Waals surface area contributed by atoms with E-state index >= 15 is 0 Å². The Hall–Kier alpha value is -1.04. The lowest BCUT2D eigenvalue weighted by molar-refractivity contribution is -0.124. The smallest absolute Gasteiger partial charge is 0.237 e. The van der Waals surface area contributed by atoms with Gasteiger partial charge in [-0.05, 0) is 25.7 Å². The topological polar surface area (TPSA) is 52.9 Å². The van der Waals surface area contributed by atoms with Crippen molar-refractivity contribution >= 4 is 5.91 Å². The van der Waals surface area contributed by atoms with E-state index in [-0.39, 0.29) is 5.91 Å². The van der Waals surface area contributed by atoms with Gasteiger partial charge in [0.15, 0.2) is 0 Å². The summed E-state index contributed by atoms with van der Waals surface area (Å²) in [6, 6.07) is 2.27. The highest BCUT2D eigenvalue weighted by Crippen LogP contribution is 2.26. The van der Waals surface area contributed by atoms with Gasteiger partial charge in [-0.3, -0.25) is 4.79 Å². The lowest BCUT2D eigenvalue weighted by Gasteiger charge is -2.31. The third-order valence-corrected chi connectivity index (χ3v) is 3.35. The van der Waals surface area contributed by atoms with Crippen molar-refractivity contribution in [2.75, 3.05) is 0 Å². The normalized spacial score (nSPS) is 27.8. The number of hydrogen-bond donors (Lipinski definition) is 1. The van der Waals surface area contributed by atoms with Gasteiger partial charge in [0, 0.05) is 6.04 Å². The maximum absolute atomic E-state index is 11.6. The molecule has 0 heterocycles. The maximum atomic E-state index is 11.6. The second kappa shape index (κ2) is 5.75. The Morgan fingerprint density at radius 1 is 1.53 bits per heavy atom.